The molecule has 3 nitrogen and oxygen atoms in total. The molecule has 3 heteroatoms. The van der Waals surface area contributed by atoms with Crippen molar-refractivity contribution in [2.75, 3.05) is 13.1 Å². The van der Waals surface area contributed by atoms with Gasteiger partial charge in [-0.25, -0.2) is 0 Å². The molecular weight excluding hydrogens is 346 g/mol. The average molecular weight is 376 g/mol. The summed E-state index contributed by atoms with van der Waals surface area (Å²) in [6.07, 6.45) is 7.24. The van der Waals surface area contributed by atoms with Gasteiger partial charge in [0.2, 0.25) is 0 Å². The van der Waals surface area contributed by atoms with Crippen LogP contribution in [0.1, 0.15) is 49.3 Å². The van der Waals surface area contributed by atoms with E-state index >= 15 is 0 Å². The third kappa shape index (κ3) is 1.98. The van der Waals surface area contributed by atoms with E-state index in [1.165, 1.54) is 29.5 Å². The Labute approximate surface area is 167 Å². The van der Waals surface area contributed by atoms with E-state index in [-0.39, 0.29) is 16.9 Å². The Balaban J connectivity index is 1.41. The first-order valence-corrected chi connectivity index (χ1v) is 10.9. The van der Waals surface area contributed by atoms with Crippen molar-refractivity contribution in [1.29, 1.82) is 0 Å². The van der Waals surface area contributed by atoms with Crippen LogP contribution < -0.4 is 4.74 Å². The zero-order valence-corrected chi connectivity index (χ0v) is 16.7. The van der Waals surface area contributed by atoms with Crippen LogP contribution in [0.5, 0.6) is 11.5 Å². The molecule has 146 valence electrons. The molecule has 2 fully saturated rings. The van der Waals surface area contributed by atoms with Crippen LogP contribution in [-0.2, 0) is 18.3 Å². The molecule has 2 aromatic rings. The molecule has 1 saturated heterocycles. The molecule has 0 amide bonds. The molecule has 2 aliphatic carbocycles. The van der Waals surface area contributed by atoms with Gasteiger partial charge in [0.1, 0.15) is 6.10 Å². The molecule has 28 heavy (non-hydrogen) atoms. The fraction of sp³-hybridized carbons (Fsp3) is 0.520. The Morgan fingerprint density at radius 3 is 2.86 bits per heavy atom. The molecule has 4 aliphatic rings. The highest BCUT2D eigenvalue weighted by Crippen LogP contribution is 2.68. The molecule has 0 radical (unpaired) electrons. The lowest BCUT2D eigenvalue weighted by Crippen LogP contribution is -2.70. The SMILES string of the molecule is C[C@@]12CCC[C@@H]3Oc4c(O)ccc5c4[C@@]31CCN(CCc1ccccc1)[C@@H]2C5. The standard InChI is InChI=1S/C25H29NO2/c1-24-12-5-8-21-25(24)13-15-26(14-11-17-6-3-2-4-7-17)20(24)16-18-9-10-19(27)23(28-21)22(18)25/h2-4,6-7,9-10,20-21,27H,5,8,11-16H2,1H3/t20-,21+,24+,25-/m1/s1. The lowest BCUT2D eigenvalue weighted by atomic mass is 9.44. The minimum Gasteiger partial charge on any atom is -0.504 e. The van der Waals surface area contributed by atoms with Crippen LogP contribution in [0.25, 0.3) is 0 Å². The van der Waals surface area contributed by atoms with Crippen molar-refractivity contribution < 1.29 is 9.84 Å². The summed E-state index contributed by atoms with van der Waals surface area (Å²) in [5.41, 5.74) is 4.56. The molecule has 2 bridgehead atoms. The van der Waals surface area contributed by atoms with E-state index < -0.39 is 0 Å². The molecule has 0 aromatic heterocycles. The molecule has 6 rings (SSSR count). The summed E-state index contributed by atoms with van der Waals surface area (Å²) in [7, 11) is 0. The number of hydrogen-bond donors (Lipinski definition) is 1. The van der Waals surface area contributed by atoms with Gasteiger partial charge >= 0.3 is 0 Å². The summed E-state index contributed by atoms with van der Waals surface area (Å²) in [6, 6.07) is 15.5. The van der Waals surface area contributed by atoms with Gasteiger partial charge in [0, 0.05) is 23.6 Å². The summed E-state index contributed by atoms with van der Waals surface area (Å²) in [4.78, 5) is 2.77. The second-order valence-corrected chi connectivity index (χ2v) is 9.58. The first-order chi connectivity index (χ1) is 13.6. The van der Waals surface area contributed by atoms with Crippen LogP contribution in [0.4, 0.5) is 0 Å². The summed E-state index contributed by atoms with van der Waals surface area (Å²) in [5, 5.41) is 10.5. The quantitative estimate of drug-likeness (QED) is 0.860. The summed E-state index contributed by atoms with van der Waals surface area (Å²) >= 11 is 0. The van der Waals surface area contributed by atoms with Gasteiger partial charge in [-0.2, -0.15) is 0 Å². The number of hydrogen-bond acceptors (Lipinski definition) is 3. The Morgan fingerprint density at radius 2 is 2.00 bits per heavy atom. The number of ether oxygens (including phenoxy) is 1. The van der Waals surface area contributed by atoms with E-state index in [9.17, 15) is 5.11 Å². The monoisotopic (exact) mass is 375 g/mol. The van der Waals surface area contributed by atoms with E-state index in [4.69, 9.17) is 4.74 Å². The number of nitrogens with zero attached hydrogens (tertiary/aromatic N) is 1. The predicted octanol–water partition coefficient (Wildman–Crippen LogP) is 4.45. The highest BCUT2D eigenvalue weighted by Gasteiger charge is 2.69. The second-order valence-electron chi connectivity index (χ2n) is 9.58. The third-order valence-corrected chi connectivity index (χ3v) is 8.57. The van der Waals surface area contributed by atoms with Gasteiger partial charge in [0.25, 0.3) is 0 Å². The number of benzene rings is 2. The molecule has 1 spiro atoms. The lowest BCUT2D eigenvalue weighted by Gasteiger charge is -2.64. The van der Waals surface area contributed by atoms with E-state index in [0.29, 0.717) is 11.8 Å². The van der Waals surface area contributed by atoms with Crippen molar-refractivity contribution in [3.05, 3.63) is 59.2 Å². The number of rotatable bonds is 3. The number of piperidine rings is 1. The van der Waals surface area contributed by atoms with Crippen LogP contribution in [0.2, 0.25) is 0 Å². The molecule has 2 aliphatic heterocycles. The van der Waals surface area contributed by atoms with Crippen LogP contribution in [0, 0.1) is 5.41 Å². The van der Waals surface area contributed by atoms with Crippen molar-refractivity contribution >= 4 is 0 Å². The second kappa shape index (κ2) is 5.76. The number of phenolic OH excluding ortho intramolecular Hbond substituents is 1. The number of aromatic hydroxyl groups is 1. The smallest absolute Gasteiger partial charge is 0.165 e. The average Bonchev–Trinajstić information content (AvgIpc) is 3.04. The zero-order valence-electron chi connectivity index (χ0n) is 16.7. The summed E-state index contributed by atoms with van der Waals surface area (Å²) in [6.45, 7) is 4.80. The van der Waals surface area contributed by atoms with Gasteiger partial charge in [0.15, 0.2) is 11.5 Å². The molecule has 1 saturated carbocycles. The van der Waals surface area contributed by atoms with Gasteiger partial charge in [0.05, 0.1) is 0 Å². The van der Waals surface area contributed by atoms with Gasteiger partial charge < -0.3 is 9.84 Å². The Kier molecular flexibility index (Phi) is 3.48. The maximum absolute atomic E-state index is 10.5. The molecule has 2 aromatic carbocycles. The van der Waals surface area contributed by atoms with Crippen molar-refractivity contribution in [3.8, 4) is 11.5 Å². The minimum absolute atomic E-state index is 0.0980. The molecular formula is C25H29NO2. The Hall–Kier alpha value is -2.00. The largest absolute Gasteiger partial charge is 0.504 e. The first kappa shape index (κ1) is 16.9. The Morgan fingerprint density at radius 1 is 1.14 bits per heavy atom. The molecule has 0 unspecified atom stereocenters. The van der Waals surface area contributed by atoms with Crippen LogP contribution in [0.15, 0.2) is 42.5 Å². The fourth-order valence-electron chi connectivity index (χ4n) is 7.29. The van der Waals surface area contributed by atoms with Crippen LogP contribution in [0.3, 0.4) is 0 Å². The minimum atomic E-state index is 0.0980. The first-order valence-electron chi connectivity index (χ1n) is 10.9. The highest BCUT2D eigenvalue weighted by molar-refractivity contribution is 5.61. The normalized spacial score (nSPS) is 35.3. The number of phenols is 1. The highest BCUT2D eigenvalue weighted by atomic mass is 16.5. The van der Waals surface area contributed by atoms with Crippen molar-refractivity contribution in [2.45, 2.75) is 63.0 Å². The topological polar surface area (TPSA) is 32.7 Å². The van der Waals surface area contributed by atoms with Crippen molar-refractivity contribution in [2.24, 2.45) is 5.41 Å². The van der Waals surface area contributed by atoms with Crippen molar-refractivity contribution in [1.82, 2.24) is 4.90 Å². The zero-order chi connectivity index (χ0) is 18.9. The van der Waals surface area contributed by atoms with E-state index in [0.717, 1.165) is 44.5 Å². The number of likely N-dealkylation sites (tertiary alicyclic amines) is 1. The van der Waals surface area contributed by atoms with Gasteiger partial charge in [-0.1, -0.05) is 43.3 Å². The third-order valence-electron chi connectivity index (χ3n) is 8.57. The fourth-order valence-corrected chi connectivity index (χ4v) is 7.29. The van der Waals surface area contributed by atoms with Crippen molar-refractivity contribution in [3.63, 3.8) is 0 Å². The lowest BCUT2D eigenvalue weighted by molar-refractivity contribution is -0.114. The molecule has 4 atom stereocenters. The predicted molar refractivity (Wildman–Crippen MR) is 110 cm³/mol. The van der Waals surface area contributed by atoms with Gasteiger partial charge in [-0.15, -0.1) is 0 Å². The maximum atomic E-state index is 10.5. The molecule has 1 N–H and O–H groups in total. The van der Waals surface area contributed by atoms with E-state index in [1.807, 2.05) is 6.07 Å². The van der Waals surface area contributed by atoms with E-state index in [2.05, 4.69) is 48.2 Å². The summed E-state index contributed by atoms with van der Waals surface area (Å²) in [5.74, 6) is 1.15. The van der Waals surface area contributed by atoms with Crippen LogP contribution in [-0.4, -0.2) is 35.2 Å². The van der Waals surface area contributed by atoms with E-state index in [1.54, 1.807) is 0 Å². The maximum Gasteiger partial charge on any atom is 0.165 e. The Bertz CT molecular complexity index is 926. The van der Waals surface area contributed by atoms with Crippen LogP contribution >= 0.6 is 0 Å². The molecule has 2 heterocycles. The van der Waals surface area contributed by atoms with Gasteiger partial charge in [-0.3, -0.25) is 4.90 Å². The van der Waals surface area contributed by atoms with Gasteiger partial charge in [-0.05, 0) is 67.7 Å². The summed E-state index contributed by atoms with van der Waals surface area (Å²) < 4.78 is 6.47.